The zero-order valence-electron chi connectivity index (χ0n) is 24.1. The number of ether oxygens (including phenoxy) is 2. The van der Waals surface area contributed by atoms with Gasteiger partial charge in [0.2, 0.25) is 0 Å². The van der Waals surface area contributed by atoms with E-state index in [-0.39, 0.29) is 29.6 Å². The molecule has 38 heavy (non-hydrogen) atoms. The number of hydrogen-bond acceptors (Lipinski definition) is 5. The molecule has 5 nitrogen and oxygen atoms in total. The van der Waals surface area contributed by atoms with Crippen LogP contribution in [-0.2, 0) is 19.1 Å². The molecule has 1 heterocycles. The van der Waals surface area contributed by atoms with Crippen molar-refractivity contribution in [1.29, 1.82) is 0 Å². The standard InChI is InChI=1S/C33H49NO4/c1-20(30-18-24(19-31(36)38-30)34-23-7-5-6-8-23)27-11-12-28-26-10-9-22-17-25(37-21(2)35)13-15-32(22,3)29(26)14-16-33(27,28)4/h9,19-20,23,25-30,34H,5-8,10-18H2,1-4H3/t20-,25-,26-,27+,28-,29-,30+,32-,33+/m0/s1. The van der Waals surface area contributed by atoms with E-state index >= 15 is 0 Å². The second-order valence-corrected chi connectivity index (χ2v) is 14.3. The van der Waals surface area contributed by atoms with Crippen molar-refractivity contribution < 1.29 is 19.1 Å². The Bertz CT molecular complexity index is 1010. The number of rotatable bonds is 5. The average molecular weight is 524 g/mol. The van der Waals surface area contributed by atoms with Crippen LogP contribution in [0.5, 0.6) is 0 Å². The molecule has 0 amide bonds. The third-order valence-electron chi connectivity index (χ3n) is 12.4. The van der Waals surface area contributed by atoms with E-state index in [0.717, 1.165) is 49.1 Å². The van der Waals surface area contributed by atoms with Crippen molar-refractivity contribution in [3.05, 3.63) is 23.4 Å². The van der Waals surface area contributed by atoms with Crippen LogP contribution < -0.4 is 5.32 Å². The Hall–Kier alpha value is -1.78. The first kappa shape index (κ1) is 26.4. The topological polar surface area (TPSA) is 64.6 Å². The van der Waals surface area contributed by atoms with Gasteiger partial charge < -0.3 is 14.8 Å². The van der Waals surface area contributed by atoms with Crippen molar-refractivity contribution in [3.8, 4) is 0 Å². The van der Waals surface area contributed by atoms with Gasteiger partial charge in [-0.05, 0) is 98.2 Å². The van der Waals surface area contributed by atoms with Gasteiger partial charge in [-0.3, -0.25) is 4.79 Å². The Morgan fingerprint density at radius 1 is 1.05 bits per heavy atom. The van der Waals surface area contributed by atoms with Crippen LogP contribution in [0.25, 0.3) is 0 Å². The number of cyclic esters (lactones) is 1. The van der Waals surface area contributed by atoms with Gasteiger partial charge in [0, 0.05) is 37.6 Å². The summed E-state index contributed by atoms with van der Waals surface area (Å²) >= 11 is 0. The van der Waals surface area contributed by atoms with Crippen molar-refractivity contribution in [3.63, 3.8) is 0 Å². The van der Waals surface area contributed by atoms with Crippen LogP contribution in [0.1, 0.15) is 111 Å². The molecule has 6 rings (SSSR count). The number of fused-ring (bicyclic) bond motifs is 5. The molecule has 0 radical (unpaired) electrons. The van der Waals surface area contributed by atoms with Crippen molar-refractivity contribution in [2.75, 3.05) is 0 Å². The fourth-order valence-corrected chi connectivity index (χ4v) is 10.5. The van der Waals surface area contributed by atoms with Gasteiger partial charge in [0.25, 0.3) is 0 Å². The molecule has 5 heteroatoms. The maximum absolute atomic E-state index is 12.6. The minimum Gasteiger partial charge on any atom is -0.462 e. The van der Waals surface area contributed by atoms with Crippen LogP contribution >= 0.6 is 0 Å². The highest BCUT2D eigenvalue weighted by atomic mass is 16.5. The fourth-order valence-electron chi connectivity index (χ4n) is 10.5. The van der Waals surface area contributed by atoms with Crippen LogP contribution in [-0.4, -0.2) is 30.2 Å². The number of hydrogen-bond donors (Lipinski definition) is 1. The third kappa shape index (κ3) is 4.54. The smallest absolute Gasteiger partial charge is 0.332 e. The summed E-state index contributed by atoms with van der Waals surface area (Å²) in [5.74, 6) is 2.93. The summed E-state index contributed by atoms with van der Waals surface area (Å²) in [4.78, 5) is 24.2. The predicted octanol–water partition coefficient (Wildman–Crippen LogP) is 6.86. The first-order valence-electron chi connectivity index (χ1n) is 15.7. The Morgan fingerprint density at radius 3 is 2.61 bits per heavy atom. The summed E-state index contributed by atoms with van der Waals surface area (Å²) in [6.07, 6.45) is 19.6. The van der Waals surface area contributed by atoms with Crippen molar-refractivity contribution in [2.45, 2.75) is 129 Å². The van der Waals surface area contributed by atoms with Crippen LogP contribution in [0, 0.1) is 40.4 Å². The molecule has 0 aromatic heterocycles. The molecule has 1 aliphatic heterocycles. The molecule has 0 spiro atoms. The summed E-state index contributed by atoms with van der Waals surface area (Å²) in [7, 11) is 0. The predicted molar refractivity (Wildman–Crippen MR) is 148 cm³/mol. The highest BCUT2D eigenvalue weighted by Gasteiger charge is 2.60. The molecule has 0 bridgehead atoms. The summed E-state index contributed by atoms with van der Waals surface area (Å²) in [6.45, 7) is 9.01. The van der Waals surface area contributed by atoms with Gasteiger partial charge in [0.05, 0.1) is 0 Å². The minimum atomic E-state index is -0.153. The lowest BCUT2D eigenvalue weighted by Crippen LogP contribution is -2.51. The van der Waals surface area contributed by atoms with Crippen LogP contribution in [0.2, 0.25) is 0 Å². The van der Waals surface area contributed by atoms with Gasteiger partial charge >= 0.3 is 11.9 Å². The number of nitrogens with one attached hydrogen (secondary N) is 1. The van der Waals surface area contributed by atoms with Crippen molar-refractivity contribution in [1.82, 2.24) is 5.32 Å². The molecule has 0 aromatic rings. The zero-order chi connectivity index (χ0) is 26.7. The van der Waals surface area contributed by atoms with E-state index in [1.165, 1.54) is 64.7 Å². The monoisotopic (exact) mass is 523 g/mol. The number of allylic oxidation sites excluding steroid dienone is 1. The zero-order valence-corrected chi connectivity index (χ0v) is 24.1. The van der Waals surface area contributed by atoms with Crippen LogP contribution in [0.15, 0.2) is 23.4 Å². The van der Waals surface area contributed by atoms with Gasteiger partial charge in [-0.15, -0.1) is 0 Å². The lowest BCUT2D eigenvalue weighted by atomic mass is 9.47. The SMILES string of the molecule is CC(=O)O[C@H]1CC[C@@]2(C)C(=CC[C@H]3[C@@H]4CC[C@H]([C@H](C)[C@H]5CC(NC6CCCC6)=CC(=O)O5)[C@@]4(C)CC[C@@H]32)C1. The number of carbonyl (C=O) groups is 2. The molecule has 0 saturated heterocycles. The van der Waals surface area contributed by atoms with E-state index in [1.807, 2.05) is 0 Å². The molecule has 1 N–H and O–H groups in total. The summed E-state index contributed by atoms with van der Waals surface area (Å²) in [5, 5.41) is 3.70. The molecule has 5 aliphatic carbocycles. The second-order valence-electron chi connectivity index (χ2n) is 14.3. The Balaban J connectivity index is 1.16. The van der Waals surface area contributed by atoms with E-state index in [1.54, 1.807) is 11.6 Å². The highest BCUT2D eigenvalue weighted by Crippen LogP contribution is 2.67. The van der Waals surface area contributed by atoms with Crippen molar-refractivity contribution in [2.24, 2.45) is 40.4 Å². The Morgan fingerprint density at radius 2 is 1.84 bits per heavy atom. The minimum absolute atomic E-state index is 0.0124. The first-order valence-corrected chi connectivity index (χ1v) is 15.7. The quantitative estimate of drug-likeness (QED) is 0.315. The third-order valence-corrected chi connectivity index (χ3v) is 12.4. The van der Waals surface area contributed by atoms with E-state index in [9.17, 15) is 9.59 Å². The van der Waals surface area contributed by atoms with E-state index in [2.05, 4.69) is 32.2 Å². The Labute approximate surface area is 229 Å². The molecule has 4 saturated carbocycles. The summed E-state index contributed by atoms with van der Waals surface area (Å²) in [6, 6.07) is 0.529. The molecule has 210 valence electrons. The normalized spacial score (nSPS) is 43.6. The molecular formula is C33H49NO4. The summed E-state index contributed by atoms with van der Waals surface area (Å²) in [5.41, 5.74) is 3.25. The highest BCUT2D eigenvalue weighted by molar-refractivity contribution is 5.83. The lowest BCUT2D eigenvalue weighted by molar-refractivity contribution is -0.150. The fraction of sp³-hybridized carbons (Fsp3) is 0.818. The maximum atomic E-state index is 12.6. The van der Waals surface area contributed by atoms with E-state index < -0.39 is 0 Å². The average Bonchev–Trinajstić information content (AvgIpc) is 3.50. The molecule has 0 unspecified atom stereocenters. The van der Waals surface area contributed by atoms with Gasteiger partial charge in [-0.1, -0.05) is 45.3 Å². The van der Waals surface area contributed by atoms with E-state index in [4.69, 9.17) is 9.47 Å². The molecule has 0 aromatic carbocycles. The van der Waals surface area contributed by atoms with Crippen LogP contribution in [0.3, 0.4) is 0 Å². The molecule has 4 fully saturated rings. The largest absolute Gasteiger partial charge is 0.462 e. The number of carbonyl (C=O) groups excluding carboxylic acids is 2. The molecule has 6 aliphatic rings. The molecular weight excluding hydrogens is 474 g/mol. The Kier molecular flexibility index (Phi) is 6.96. The van der Waals surface area contributed by atoms with Gasteiger partial charge in [-0.2, -0.15) is 0 Å². The van der Waals surface area contributed by atoms with E-state index in [0.29, 0.717) is 23.3 Å². The summed E-state index contributed by atoms with van der Waals surface area (Å²) < 4.78 is 11.6. The van der Waals surface area contributed by atoms with Crippen LogP contribution in [0.4, 0.5) is 0 Å². The van der Waals surface area contributed by atoms with Crippen molar-refractivity contribution >= 4 is 11.9 Å². The van der Waals surface area contributed by atoms with Gasteiger partial charge in [0.1, 0.15) is 12.2 Å². The number of esters is 2. The lowest BCUT2D eigenvalue weighted by Gasteiger charge is -2.58. The first-order chi connectivity index (χ1) is 18.2. The molecule has 9 atom stereocenters. The maximum Gasteiger partial charge on any atom is 0.332 e. The van der Waals surface area contributed by atoms with Gasteiger partial charge in [0.15, 0.2) is 0 Å². The van der Waals surface area contributed by atoms with Gasteiger partial charge in [-0.25, -0.2) is 4.79 Å². The second kappa shape index (κ2) is 10.0.